The molecule has 0 saturated carbocycles. The number of halogens is 3. The predicted molar refractivity (Wildman–Crippen MR) is 68.9 cm³/mol. The average molecular weight is 286 g/mol. The summed E-state index contributed by atoms with van der Waals surface area (Å²) in [5.41, 5.74) is -0.173. The summed E-state index contributed by atoms with van der Waals surface area (Å²) in [6, 6.07) is 1.47. The first-order valence-corrected chi connectivity index (χ1v) is 6.59. The highest BCUT2D eigenvalue weighted by molar-refractivity contribution is 5.94. The molecule has 3 nitrogen and oxygen atoms in total. The molecule has 1 aliphatic heterocycles. The lowest BCUT2D eigenvalue weighted by molar-refractivity contribution is 0.0763. The van der Waals surface area contributed by atoms with Crippen LogP contribution in [-0.2, 0) is 0 Å². The van der Waals surface area contributed by atoms with Gasteiger partial charge in [0.15, 0.2) is 17.5 Å². The molecule has 1 unspecified atom stereocenters. The van der Waals surface area contributed by atoms with E-state index in [1.54, 1.807) is 7.05 Å². The van der Waals surface area contributed by atoms with Crippen LogP contribution >= 0.6 is 0 Å². The zero-order valence-corrected chi connectivity index (χ0v) is 11.3. The molecule has 1 heterocycles. The van der Waals surface area contributed by atoms with Crippen LogP contribution in [0.1, 0.15) is 23.2 Å². The van der Waals surface area contributed by atoms with Crippen LogP contribution in [0, 0.1) is 23.4 Å². The Kier molecular flexibility index (Phi) is 4.65. The molecule has 0 bridgehead atoms. The molecule has 1 saturated heterocycles. The van der Waals surface area contributed by atoms with E-state index >= 15 is 0 Å². The third kappa shape index (κ3) is 3.30. The van der Waals surface area contributed by atoms with Crippen LogP contribution in [0.3, 0.4) is 0 Å². The molecule has 1 fully saturated rings. The molecule has 0 radical (unpaired) electrons. The number of hydrogen-bond donors (Lipinski definition) is 1. The second-order valence-electron chi connectivity index (χ2n) is 5.15. The van der Waals surface area contributed by atoms with Gasteiger partial charge in [0.2, 0.25) is 0 Å². The zero-order chi connectivity index (χ0) is 14.7. The summed E-state index contributed by atoms with van der Waals surface area (Å²) < 4.78 is 39.1. The first kappa shape index (κ1) is 14.8. The van der Waals surface area contributed by atoms with Gasteiger partial charge in [-0.1, -0.05) is 0 Å². The molecule has 1 N–H and O–H groups in total. The summed E-state index contributed by atoms with van der Waals surface area (Å²) in [6.45, 7) is 2.30. The number of carbonyl (C=O) groups is 1. The summed E-state index contributed by atoms with van der Waals surface area (Å²) in [4.78, 5) is 13.5. The van der Waals surface area contributed by atoms with Crippen LogP contribution in [0.4, 0.5) is 13.2 Å². The topological polar surface area (TPSA) is 32.3 Å². The van der Waals surface area contributed by atoms with E-state index in [2.05, 4.69) is 5.32 Å². The number of rotatable bonds is 3. The Morgan fingerprint density at radius 2 is 2.00 bits per heavy atom. The lowest BCUT2D eigenvalue weighted by Crippen LogP contribution is -2.39. The van der Waals surface area contributed by atoms with Crippen molar-refractivity contribution in [3.63, 3.8) is 0 Å². The Bertz CT molecular complexity index is 478. The molecule has 0 aliphatic carbocycles. The van der Waals surface area contributed by atoms with Crippen molar-refractivity contribution in [1.29, 1.82) is 0 Å². The first-order chi connectivity index (χ1) is 9.49. The number of amides is 1. The molecule has 0 spiro atoms. The van der Waals surface area contributed by atoms with Crippen molar-refractivity contribution < 1.29 is 18.0 Å². The largest absolute Gasteiger partial charge is 0.341 e. The van der Waals surface area contributed by atoms with Gasteiger partial charge in [0, 0.05) is 19.2 Å². The molecule has 1 aliphatic rings. The normalized spacial score (nSPS) is 18.9. The van der Waals surface area contributed by atoms with Crippen LogP contribution < -0.4 is 5.32 Å². The van der Waals surface area contributed by atoms with Gasteiger partial charge < -0.3 is 10.2 Å². The van der Waals surface area contributed by atoms with Crippen LogP contribution in [0.2, 0.25) is 0 Å². The smallest absolute Gasteiger partial charge is 0.253 e. The Morgan fingerprint density at radius 3 is 2.55 bits per heavy atom. The van der Waals surface area contributed by atoms with Crippen molar-refractivity contribution in [2.75, 3.05) is 26.7 Å². The lowest BCUT2D eigenvalue weighted by Gasteiger charge is -2.27. The minimum Gasteiger partial charge on any atom is -0.341 e. The molecule has 1 aromatic carbocycles. The third-order valence-corrected chi connectivity index (χ3v) is 3.51. The van der Waals surface area contributed by atoms with Crippen molar-refractivity contribution in [3.05, 3.63) is 35.1 Å². The van der Waals surface area contributed by atoms with E-state index in [4.69, 9.17) is 0 Å². The van der Waals surface area contributed by atoms with Gasteiger partial charge in [0.1, 0.15) is 0 Å². The van der Waals surface area contributed by atoms with Crippen molar-refractivity contribution in [2.24, 2.45) is 5.92 Å². The van der Waals surface area contributed by atoms with Crippen LogP contribution in [0.15, 0.2) is 12.1 Å². The Balaban J connectivity index is 2.06. The quantitative estimate of drug-likeness (QED) is 0.864. The van der Waals surface area contributed by atoms with Crippen LogP contribution in [0.5, 0.6) is 0 Å². The van der Waals surface area contributed by atoms with E-state index < -0.39 is 23.4 Å². The standard InChI is InChI=1S/C14H17F3N2O/c1-19(8-9-3-2-4-18-7-9)14(20)10-5-11(15)13(17)12(16)6-10/h5-6,9,18H,2-4,7-8H2,1H3. The molecule has 1 aromatic rings. The van der Waals surface area contributed by atoms with Gasteiger partial charge in [-0.05, 0) is 44.0 Å². The molecule has 1 amide bonds. The summed E-state index contributed by atoms with van der Waals surface area (Å²) >= 11 is 0. The Morgan fingerprint density at radius 1 is 1.35 bits per heavy atom. The zero-order valence-electron chi connectivity index (χ0n) is 11.3. The summed E-state index contributed by atoms with van der Waals surface area (Å²) in [5, 5.41) is 3.24. The van der Waals surface area contributed by atoms with E-state index in [9.17, 15) is 18.0 Å². The van der Waals surface area contributed by atoms with E-state index in [-0.39, 0.29) is 5.56 Å². The highest BCUT2D eigenvalue weighted by Crippen LogP contribution is 2.17. The van der Waals surface area contributed by atoms with Crippen molar-refractivity contribution in [3.8, 4) is 0 Å². The molecule has 20 heavy (non-hydrogen) atoms. The maximum Gasteiger partial charge on any atom is 0.253 e. The van der Waals surface area contributed by atoms with E-state index in [0.29, 0.717) is 12.5 Å². The molecule has 110 valence electrons. The monoisotopic (exact) mass is 286 g/mol. The summed E-state index contributed by atoms with van der Waals surface area (Å²) in [7, 11) is 1.58. The fourth-order valence-electron chi connectivity index (χ4n) is 2.45. The van der Waals surface area contributed by atoms with Gasteiger partial charge >= 0.3 is 0 Å². The van der Waals surface area contributed by atoms with Crippen molar-refractivity contribution >= 4 is 5.91 Å². The number of nitrogens with zero attached hydrogens (tertiary/aromatic N) is 1. The molecule has 1 atom stereocenters. The Labute approximate surface area is 115 Å². The van der Waals surface area contributed by atoms with Gasteiger partial charge in [-0.15, -0.1) is 0 Å². The number of nitrogens with one attached hydrogen (secondary N) is 1. The maximum absolute atomic E-state index is 13.1. The molecule has 0 aromatic heterocycles. The maximum atomic E-state index is 13.1. The molecular weight excluding hydrogens is 269 g/mol. The second kappa shape index (κ2) is 6.26. The van der Waals surface area contributed by atoms with E-state index in [1.807, 2.05) is 0 Å². The van der Waals surface area contributed by atoms with Gasteiger partial charge in [0.05, 0.1) is 0 Å². The molecule has 6 heteroatoms. The van der Waals surface area contributed by atoms with E-state index in [1.165, 1.54) is 4.90 Å². The van der Waals surface area contributed by atoms with E-state index in [0.717, 1.165) is 38.1 Å². The van der Waals surface area contributed by atoms with Gasteiger partial charge in [0.25, 0.3) is 5.91 Å². The predicted octanol–water partition coefficient (Wildman–Crippen LogP) is 2.18. The SMILES string of the molecule is CN(CC1CCCNC1)C(=O)c1cc(F)c(F)c(F)c1. The highest BCUT2D eigenvalue weighted by Gasteiger charge is 2.21. The Hall–Kier alpha value is -1.56. The first-order valence-electron chi connectivity index (χ1n) is 6.59. The number of hydrogen-bond acceptors (Lipinski definition) is 2. The number of carbonyl (C=O) groups excluding carboxylic acids is 1. The lowest BCUT2D eigenvalue weighted by atomic mass is 9.99. The fraction of sp³-hybridized carbons (Fsp3) is 0.500. The minimum atomic E-state index is -1.55. The van der Waals surface area contributed by atoms with Crippen LogP contribution in [0.25, 0.3) is 0 Å². The van der Waals surface area contributed by atoms with Crippen molar-refractivity contribution in [2.45, 2.75) is 12.8 Å². The minimum absolute atomic E-state index is 0.173. The number of benzene rings is 1. The summed E-state index contributed by atoms with van der Waals surface area (Å²) in [5.74, 6) is -4.43. The highest BCUT2D eigenvalue weighted by atomic mass is 19.2. The van der Waals surface area contributed by atoms with Crippen molar-refractivity contribution in [1.82, 2.24) is 10.2 Å². The van der Waals surface area contributed by atoms with Gasteiger partial charge in [-0.3, -0.25) is 4.79 Å². The molecule has 2 rings (SSSR count). The van der Waals surface area contributed by atoms with Gasteiger partial charge in [-0.25, -0.2) is 13.2 Å². The van der Waals surface area contributed by atoms with Crippen LogP contribution in [-0.4, -0.2) is 37.5 Å². The number of piperidine rings is 1. The molecular formula is C14H17F3N2O. The second-order valence-corrected chi connectivity index (χ2v) is 5.15. The third-order valence-electron chi connectivity index (χ3n) is 3.51. The average Bonchev–Trinajstić information content (AvgIpc) is 2.44. The van der Waals surface area contributed by atoms with Gasteiger partial charge in [-0.2, -0.15) is 0 Å². The fourth-order valence-corrected chi connectivity index (χ4v) is 2.45. The summed E-state index contributed by atoms with van der Waals surface area (Å²) in [6.07, 6.45) is 2.06.